The largest absolute Gasteiger partial charge is 0.493 e. The first-order chi connectivity index (χ1) is 20.2. The molecule has 2 heterocycles. The maximum Gasteiger partial charge on any atom is 0.255 e. The van der Waals surface area contributed by atoms with Gasteiger partial charge in [-0.15, -0.1) is 0 Å². The highest BCUT2D eigenvalue weighted by atomic mass is 16.5. The summed E-state index contributed by atoms with van der Waals surface area (Å²) < 4.78 is 5.76. The number of para-hydroxylation sites is 1. The average Bonchev–Trinajstić information content (AvgIpc) is 3.38. The van der Waals surface area contributed by atoms with Crippen molar-refractivity contribution in [2.45, 2.75) is 63.9 Å². The molecule has 0 aliphatic carbocycles. The fraction of sp³-hybridized carbons (Fsp3) is 0.433. The topological polar surface area (TPSA) is 166 Å². The molecule has 5 N–H and O–H groups in total. The fourth-order valence-electron chi connectivity index (χ4n) is 4.79. The van der Waals surface area contributed by atoms with Crippen LogP contribution >= 0.6 is 0 Å². The lowest BCUT2D eigenvalue weighted by Gasteiger charge is -2.23. The first-order valence-corrected chi connectivity index (χ1v) is 14.1. The van der Waals surface area contributed by atoms with Crippen LogP contribution in [0.3, 0.4) is 0 Å². The van der Waals surface area contributed by atoms with Crippen LogP contribution in [0.1, 0.15) is 54.1 Å². The van der Waals surface area contributed by atoms with Gasteiger partial charge in [0.1, 0.15) is 17.8 Å². The van der Waals surface area contributed by atoms with Crippen molar-refractivity contribution in [1.82, 2.24) is 26.2 Å². The van der Waals surface area contributed by atoms with Crippen LogP contribution in [-0.2, 0) is 32.3 Å². The maximum atomic E-state index is 13.3. The van der Waals surface area contributed by atoms with Gasteiger partial charge in [0, 0.05) is 32.6 Å². The van der Waals surface area contributed by atoms with Gasteiger partial charge in [0.2, 0.25) is 23.6 Å². The highest BCUT2D eigenvalue weighted by Crippen LogP contribution is 2.19. The van der Waals surface area contributed by atoms with Crippen molar-refractivity contribution >= 4 is 29.5 Å². The second kappa shape index (κ2) is 14.4. The van der Waals surface area contributed by atoms with Crippen molar-refractivity contribution in [3.63, 3.8) is 0 Å². The van der Waals surface area contributed by atoms with Crippen LogP contribution in [0.2, 0.25) is 0 Å². The van der Waals surface area contributed by atoms with Crippen LogP contribution in [0.15, 0.2) is 48.5 Å². The highest BCUT2D eigenvalue weighted by molar-refractivity contribution is 6.01. The Morgan fingerprint density at radius 2 is 1.79 bits per heavy atom. The number of aliphatic hydroxyl groups excluding tert-OH is 1. The molecule has 1 saturated heterocycles. The molecule has 12 heteroatoms. The van der Waals surface area contributed by atoms with E-state index in [1.54, 1.807) is 24.3 Å². The molecule has 0 unspecified atom stereocenters. The van der Waals surface area contributed by atoms with E-state index >= 15 is 0 Å². The summed E-state index contributed by atoms with van der Waals surface area (Å²) in [5.41, 5.74) is 1.96. The maximum absolute atomic E-state index is 13.3. The zero-order valence-electron chi connectivity index (χ0n) is 23.6. The van der Waals surface area contributed by atoms with Gasteiger partial charge in [-0.3, -0.25) is 24.0 Å². The summed E-state index contributed by atoms with van der Waals surface area (Å²) in [6.45, 7) is 3.22. The number of hydrogen-bond donors (Lipinski definition) is 5. The van der Waals surface area contributed by atoms with E-state index in [1.807, 2.05) is 29.2 Å². The van der Waals surface area contributed by atoms with Gasteiger partial charge in [-0.1, -0.05) is 36.4 Å². The van der Waals surface area contributed by atoms with Crippen molar-refractivity contribution in [3.8, 4) is 5.75 Å². The van der Waals surface area contributed by atoms with E-state index in [1.165, 1.54) is 6.92 Å². The van der Waals surface area contributed by atoms with E-state index in [2.05, 4.69) is 21.3 Å². The van der Waals surface area contributed by atoms with Crippen LogP contribution in [-0.4, -0.2) is 77.4 Å². The van der Waals surface area contributed by atoms with Crippen molar-refractivity contribution in [2.24, 2.45) is 0 Å². The molecule has 224 valence electrons. The van der Waals surface area contributed by atoms with Gasteiger partial charge in [-0.25, -0.2) is 0 Å². The number of likely N-dealkylation sites (tertiary alicyclic amines) is 1. The van der Waals surface area contributed by atoms with Crippen molar-refractivity contribution in [2.75, 3.05) is 19.7 Å². The molecule has 0 aromatic heterocycles. The van der Waals surface area contributed by atoms with Crippen LogP contribution in [0.25, 0.3) is 0 Å². The van der Waals surface area contributed by atoms with Crippen LogP contribution in [0.4, 0.5) is 0 Å². The molecule has 5 amide bonds. The van der Waals surface area contributed by atoms with E-state index in [9.17, 15) is 29.1 Å². The molecule has 0 radical (unpaired) electrons. The molecule has 2 aromatic carbocycles. The summed E-state index contributed by atoms with van der Waals surface area (Å²) in [7, 11) is 0. The second-order valence-corrected chi connectivity index (χ2v) is 10.5. The van der Waals surface area contributed by atoms with E-state index in [0.29, 0.717) is 25.1 Å². The Kier molecular flexibility index (Phi) is 10.5. The zero-order chi connectivity index (χ0) is 30.1. The van der Waals surface area contributed by atoms with Gasteiger partial charge in [0.15, 0.2) is 0 Å². The highest BCUT2D eigenvalue weighted by Gasteiger charge is 2.30. The third-order valence-corrected chi connectivity index (χ3v) is 7.14. The molecule has 2 aromatic rings. The number of hydrogen-bond acceptors (Lipinski definition) is 7. The summed E-state index contributed by atoms with van der Waals surface area (Å²) in [6.07, 6.45) is 0.193. The first kappa shape index (κ1) is 30.5. The summed E-state index contributed by atoms with van der Waals surface area (Å²) >= 11 is 0. The number of amides is 5. The number of aliphatic hydroxyl groups is 1. The Morgan fingerprint density at radius 3 is 2.50 bits per heavy atom. The minimum Gasteiger partial charge on any atom is -0.493 e. The second-order valence-electron chi connectivity index (χ2n) is 10.5. The predicted octanol–water partition coefficient (Wildman–Crippen LogP) is 0.378. The molecule has 3 atom stereocenters. The van der Waals surface area contributed by atoms with Gasteiger partial charge in [-0.05, 0) is 43.0 Å². The van der Waals surface area contributed by atoms with Gasteiger partial charge >= 0.3 is 0 Å². The van der Waals surface area contributed by atoms with Gasteiger partial charge < -0.3 is 36.0 Å². The van der Waals surface area contributed by atoms with Gasteiger partial charge in [-0.2, -0.15) is 0 Å². The monoisotopic (exact) mass is 579 g/mol. The number of ether oxygens (including phenoxy) is 1. The number of fused-ring (bicyclic) bond motifs is 1. The third-order valence-electron chi connectivity index (χ3n) is 7.14. The Labute approximate surface area is 244 Å². The quantitative estimate of drug-likeness (QED) is 0.330. The molecule has 2 aliphatic rings. The van der Waals surface area contributed by atoms with Crippen molar-refractivity contribution in [1.29, 1.82) is 0 Å². The van der Waals surface area contributed by atoms with E-state index < -0.39 is 48.2 Å². The van der Waals surface area contributed by atoms with Gasteiger partial charge in [0.25, 0.3) is 5.91 Å². The molecule has 0 spiro atoms. The minimum absolute atomic E-state index is 0.133. The normalized spacial score (nSPS) is 21.0. The van der Waals surface area contributed by atoms with Crippen LogP contribution in [0.5, 0.6) is 5.75 Å². The minimum atomic E-state index is -1.28. The molecule has 0 saturated carbocycles. The average molecular weight is 580 g/mol. The molecule has 42 heavy (non-hydrogen) atoms. The number of carbonyl (C=O) groups excluding carboxylic acids is 5. The molecule has 2 aliphatic heterocycles. The first-order valence-electron chi connectivity index (χ1n) is 14.1. The van der Waals surface area contributed by atoms with E-state index in [4.69, 9.17) is 4.74 Å². The lowest BCUT2D eigenvalue weighted by Crippen LogP contribution is -2.55. The Morgan fingerprint density at radius 1 is 1.05 bits per heavy atom. The smallest absolute Gasteiger partial charge is 0.255 e. The van der Waals surface area contributed by atoms with E-state index in [0.717, 1.165) is 24.1 Å². The van der Waals surface area contributed by atoms with Crippen LogP contribution < -0.4 is 26.0 Å². The summed E-state index contributed by atoms with van der Waals surface area (Å²) in [4.78, 5) is 65.8. The third kappa shape index (κ3) is 8.29. The number of rotatable bonds is 6. The number of benzene rings is 2. The van der Waals surface area contributed by atoms with Crippen molar-refractivity contribution in [3.05, 3.63) is 65.2 Å². The van der Waals surface area contributed by atoms with Crippen molar-refractivity contribution < 1.29 is 33.8 Å². The molecule has 1 fully saturated rings. The molecule has 12 nitrogen and oxygen atoms in total. The lowest BCUT2D eigenvalue weighted by atomic mass is 10.1. The molecule has 4 rings (SSSR count). The van der Waals surface area contributed by atoms with E-state index in [-0.39, 0.29) is 31.2 Å². The summed E-state index contributed by atoms with van der Waals surface area (Å²) in [5.74, 6) is -2.03. The summed E-state index contributed by atoms with van der Waals surface area (Å²) in [5, 5.41) is 20.6. The summed E-state index contributed by atoms with van der Waals surface area (Å²) in [6, 6.07) is 11.5. The standard InChI is InChI=1S/C30H37N5O7/c1-19(36)27-30(41)31-13-5-15-42-24-7-3-2-6-22(24)28(39)33-23(16-25(37)34-27)29(40)32-17-20-9-11-21(12-10-20)18-35-14-4-8-26(35)38/h2-3,6-7,9-12,19,23,27,36H,4-5,8,13-18H2,1H3,(H,31,41)(H,32,40)(H,33,39)(H,34,37)/t19-,23+,27+/m1/s1. The molecule has 0 bridgehead atoms. The van der Waals surface area contributed by atoms with Crippen LogP contribution in [0, 0.1) is 0 Å². The van der Waals surface area contributed by atoms with Gasteiger partial charge in [0.05, 0.1) is 24.7 Å². The zero-order valence-corrected chi connectivity index (χ0v) is 23.6. The Bertz CT molecular complexity index is 1300. The Balaban J connectivity index is 1.47. The lowest BCUT2D eigenvalue weighted by molar-refractivity contribution is -0.133. The number of nitrogens with zero attached hydrogens (tertiary/aromatic N) is 1. The fourth-order valence-corrected chi connectivity index (χ4v) is 4.79. The number of nitrogens with one attached hydrogen (secondary N) is 4. The SMILES string of the molecule is C[C@@H](O)[C@@H]1NC(=O)C[C@@H](C(=O)NCc2ccc(CN3CCCC3=O)cc2)NC(=O)c2ccccc2OCCCNC1=O. The molecular weight excluding hydrogens is 542 g/mol. The Hall–Kier alpha value is -4.45. The predicted molar refractivity (Wildman–Crippen MR) is 152 cm³/mol. The number of carbonyl (C=O) groups is 5. The molecular formula is C30H37N5O7.